The van der Waals surface area contributed by atoms with Crippen LogP contribution in [0.4, 0.5) is 0 Å². The van der Waals surface area contributed by atoms with E-state index in [9.17, 15) is 9.59 Å². The molecule has 0 aromatic carbocycles. The first-order valence-electron chi connectivity index (χ1n) is 2.28. The Bertz CT molecular complexity index is 197. The number of amides is 2. The van der Waals surface area contributed by atoms with Crippen LogP contribution in [0.25, 0.3) is 0 Å². The van der Waals surface area contributed by atoms with Crippen LogP contribution in [0.3, 0.4) is 0 Å². The van der Waals surface area contributed by atoms with Crippen LogP contribution in [0.15, 0.2) is 5.57 Å². The molecule has 0 aromatic rings. The summed E-state index contributed by atoms with van der Waals surface area (Å²) >= 11 is 5.26. The minimum absolute atomic E-state index is 0.0393. The lowest BCUT2D eigenvalue weighted by Crippen LogP contribution is -2.22. The van der Waals surface area contributed by atoms with Crippen molar-refractivity contribution in [1.82, 2.24) is 5.32 Å². The average Bonchev–Trinajstić information content (AvgIpc) is 2.10. The van der Waals surface area contributed by atoms with Crippen molar-refractivity contribution in [2.45, 2.75) is 0 Å². The molecule has 0 fully saturated rings. The van der Waals surface area contributed by atoms with Gasteiger partial charge in [0.15, 0.2) is 0 Å². The van der Waals surface area contributed by atoms with Crippen molar-refractivity contribution < 1.29 is 9.59 Å². The van der Waals surface area contributed by atoms with Gasteiger partial charge in [0.1, 0.15) is 0 Å². The zero-order valence-corrected chi connectivity index (χ0v) is 5.16. The van der Waals surface area contributed by atoms with Crippen LogP contribution >= 0.6 is 11.6 Å². The van der Waals surface area contributed by atoms with E-state index >= 15 is 0 Å². The summed E-state index contributed by atoms with van der Waals surface area (Å²) in [4.78, 5) is 20.8. The predicted octanol–water partition coefficient (Wildman–Crippen LogP) is -0.389. The third-order valence-electron chi connectivity index (χ3n) is 0.899. The van der Waals surface area contributed by atoms with Gasteiger partial charge < -0.3 is 0 Å². The number of hydrogen-bond acceptors (Lipinski definition) is 2. The first-order chi connectivity index (χ1) is 4.24. The molecule has 0 aliphatic carbocycles. The first-order valence-corrected chi connectivity index (χ1v) is 2.81. The minimum Gasteiger partial charge on any atom is -0.288 e. The van der Waals surface area contributed by atoms with Crippen LogP contribution < -0.4 is 5.32 Å². The van der Waals surface area contributed by atoms with Crippen molar-refractivity contribution in [2.24, 2.45) is 0 Å². The zero-order valence-electron chi connectivity index (χ0n) is 4.40. The predicted molar refractivity (Wildman–Crippen MR) is 30.6 cm³/mol. The summed E-state index contributed by atoms with van der Waals surface area (Å²) < 4.78 is 0. The van der Waals surface area contributed by atoms with Gasteiger partial charge in [-0.15, -0.1) is 11.6 Å². The average molecular weight is 145 g/mol. The second-order valence-corrected chi connectivity index (χ2v) is 1.79. The Balaban J connectivity index is 2.80. The maximum Gasteiger partial charge on any atom is 0.259 e. The summed E-state index contributed by atoms with van der Waals surface area (Å²) in [5, 5.41) is 2.01. The number of alkyl halides is 1. The topological polar surface area (TPSA) is 46.2 Å². The smallest absolute Gasteiger partial charge is 0.259 e. The van der Waals surface area contributed by atoms with Crippen molar-refractivity contribution >= 4 is 23.4 Å². The molecule has 1 rings (SSSR count). The second-order valence-electron chi connectivity index (χ2n) is 1.52. The number of hydrogen-bond donors (Lipinski definition) is 1. The van der Waals surface area contributed by atoms with Gasteiger partial charge >= 0.3 is 0 Å². The molecule has 0 aromatic heterocycles. The molecular formula is C5H3ClNO2. The van der Waals surface area contributed by atoms with E-state index in [1.807, 2.05) is 5.32 Å². The Labute approximate surface area is 56.7 Å². The van der Waals surface area contributed by atoms with Crippen LogP contribution in [0.1, 0.15) is 0 Å². The molecule has 4 heteroatoms. The van der Waals surface area contributed by atoms with Gasteiger partial charge in [0.25, 0.3) is 11.8 Å². The molecule has 1 radical (unpaired) electrons. The molecule has 9 heavy (non-hydrogen) atoms. The van der Waals surface area contributed by atoms with Crippen molar-refractivity contribution in [3.05, 3.63) is 11.6 Å². The summed E-state index contributed by atoms with van der Waals surface area (Å²) in [6.07, 6.45) is 2.24. The van der Waals surface area contributed by atoms with Crippen LogP contribution in [0, 0.1) is 6.08 Å². The largest absolute Gasteiger partial charge is 0.288 e. The molecule has 0 saturated carbocycles. The number of carbonyl (C=O) groups excluding carboxylic acids is 2. The SMILES string of the molecule is O=C1[C]=C(CCl)C(=O)N1. The molecule has 3 nitrogen and oxygen atoms in total. The molecule has 0 saturated heterocycles. The van der Waals surface area contributed by atoms with Crippen LogP contribution in [0.5, 0.6) is 0 Å². The van der Waals surface area contributed by atoms with Crippen LogP contribution in [-0.4, -0.2) is 17.7 Å². The molecule has 0 unspecified atom stereocenters. The van der Waals surface area contributed by atoms with Crippen LogP contribution in [0.2, 0.25) is 0 Å². The molecule has 1 aliphatic heterocycles. The molecule has 1 N–H and O–H groups in total. The summed E-state index contributed by atoms with van der Waals surface area (Å²) in [6.45, 7) is 0. The monoisotopic (exact) mass is 144 g/mol. The Kier molecular flexibility index (Phi) is 1.53. The normalized spacial score (nSPS) is 17.7. The fourth-order valence-corrected chi connectivity index (χ4v) is 0.686. The van der Waals surface area contributed by atoms with Crippen molar-refractivity contribution in [3.63, 3.8) is 0 Å². The molecule has 0 atom stereocenters. The van der Waals surface area contributed by atoms with E-state index in [2.05, 4.69) is 6.08 Å². The van der Waals surface area contributed by atoms with E-state index < -0.39 is 11.8 Å². The zero-order chi connectivity index (χ0) is 6.85. The number of rotatable bonds is 1. The fourth-order valence-electron chi connectivity index (χ4n) is 0.498. The fraction of sp³-hybridized carbons (Fsp3) is 0.200. The van der Waals surface area contributed by atoms with Gasteiger partial charge in [-0.25, -0.2) is 0 Å². The Hall–Kier alpha value is -0.830. The summed E-state index contributed by atoms with van der Waals surface area (Å²) in [5.41, 5.74) is 0.210. The molecule has 0 bridgehead atoms. The highest BCUT2D eigenvalue weighted by Gasteiger charge is 2.19. The Morgan fingerprint density at radius 2 is 2.22 bits per heavy atom. The second kappa shape index (κ2) is 2.19. The molecule has 1 aliphatic rings. The number of imide groups is 1. The molecular weight excluding hydrogens is 142 g/mol. The molecule has 47 valence electrons. The summed E-state index contributed by atoms with van der Waals surface area (Å²) in [5.74, 6) is -0.900. The molecule has 0 spiro atoms. The van der Waals surface area contributed by atoms with Gasteiger partial charge in [-0.05, 0) is 0 Å². The van der Waals surface area contributed by atoms with E-state index in [4.69, 9.17) is 11.6 Å². The summed E-state index contributed by atoms with van der Waals surface area (Å²) in [6, 6.07) is 0. The van der Waals surface area contributed by atoms with Crippen LogP contribution in [-0.2, 0) is 9.59 Å². The number of nitrogens with one attached hydrogen (secondary N) is 1. The van der Waals surface area contributed by atoms with E-state index in [1.54, 1.807) is 0 Å². The molecule has 2 amide bonds. The van der Waals surface area contributed by atoms with Gasteiger partial charge in [-0.2, -0.15) is 0 Å². The van der Waals surface area contributed by atoms with Gasteiger partial charge in [0, 0.05) is 5.57 Å². The lowest BCUT2D eigenvalue weighted by Gasteiger charge is -1.87. The standard InChI is InChI=1S/C5H3ClNO2/c6-2-3-1-4(8)7-5(3)9/h2H2,(H,7,8,9). The minimum atomic E-state index is -0.504. The third-order valence-corrected chi connectivity index (χ3v) is 1.17. The van der Waals surface area contributed by atoms with Gasteiger partial charge in [-0.1, -0.05) is 0 Å². The Morgan fingerprint density at radius 3 is 2.44 bits per heavy atom. The maximum absolute atomic E-state index is 10.5. The van der Waals surface area contributed by atoms with E-state index in [-0.39, 0.29) is 11.5 Å². The first kappa shape index (κ1) is 6.29. The highest BCUT2D eigenvalue weighted by molar-refractivity contribution is 6.26. The van der Waals surface area contributed by atoms with Crippen molar-refractivity contribution in [1.29, 1.82) is 0 Å². The number of halogens is 1. The highest BCUT2D eigenvalue weighted by Crippen LogP contribution is 2.01. The van der Waals surface area contributed by atoms with Gasteiger partial charge in [0.2, 0.25) is 0 Å². The van der Waals surface area contributed by atoms with Gasteiger partial charge in [-0.3, -0.25) is 14.9 Å². The van der Waals surface area contributed by atoms with E-state index in [0.717, 1.165) is 0 Å². The van der Waals surface area contributed by atoms with Gasteiger partial charge in [0.05, 0.1) is 12.0 Å². The van der Waals surface area contributed by atoms with E-state index in [1.165, 1.54) is 0 Å². The van der Waals surface area contributed by atoms with Crippen molar-refractivity contribution in [2.75, 3.05) is 5.88 Å². The molecule has 1 heterocycles. The third kappa shape index (κ3) is 1.10. The Morgan fingerprint density at radius 1 is 1.56 bits per heavy atom. The van der Waals surface area contributed by atoms with E-state index in [0.29, 0.717) is 0 Å². The highest BCUT2D eigenvalue weighted by atomic mass is 35.5. The maximum atomic E-state index is 10.5. The lowest BCUT2D eigenvalue weighted by molar-refractivity contribution is -0.124. The van der Waals surface area contributed by atoms with Crippen molar-refractivity contribution in [3.8, 4) is 0 Å². The summed E-state index contributed by atoms with van der Waals surface area (Å²) in [7, 11) is 0. The quantitative estimate of drug-likeness (QED) is 0.403. The number of carbonyl (C=O) groups is 2. The lowest BCUT2D eigenvalue weighted by atomic mass is 10.3.